The Morgan fingerprint density at radius 3 is 2.29 bits per heavy atom. The van der Waals surface area contributed by atoms with Crippen molar-refractivity contribution in [2.75, 3.05) is 6.54 Å². The third-order valence-corrected chi connectivity index (χ3v) is 3.67. The second kappa shape index (κ2) is 11.7. The Morgan fingerprint density at radius 2 is 1.71 bits per heavy atom. The lowest BCUT2D eigenvalue weighted by Crippen LogP contribution is -2.44. The van der Waals surface area contributed by atoms with E-state index < -0.39 is 29.7 Å². The molecule has 10 nitrogen and oxygen atoms in total. The Kier molecular flexibility index (Phi) is 9.61. The van der Waals surface area contributed by atoms with Crippen molar-refractivity contribution in [1.82, 2.24) is 5.01 Å². The van der Waals surface area contributed by atoms with E-state index in [1.165, 1.54) is 0 Å². The minimum absolute atomic E-state index is 0.136. The molecule has 1 aromatic carbocycles. The summed E-state index contributed by atoms with van der Waals surface area (Å²) in [6, 6.07) is 8.62. The molecule has 0 aliphatic carbocycles. The van der Waals surface area contributed by atoms with E-state index in [4.69, 9.17) is 17.3 Å². The van der Waals surface area contributed by atoms with Crippen molar-refractivity contribution in [1.29, 1.82) is 0 Å². The largest absolute Gasteiger partial charge is 0.370 e. The molecule has 154 valence electrons. The Morgan fingerprint density at radius 1 is 1.07 bits per heavy atom. The van der Waals surface area contributed by atoms with Crippen LogP contribution in [-0.4, -0.2) is 41.3 Å². The van der Waals surface area contributed by atoms with Gasteiger partial charge in [-0.15, -0.1) is 0 Å². The monoisotopic (exact) mass is 394 g/mol. The molecule has 0 radical (unpaired) electrons. The summed E-state index contributed by atoms with van der Waals surface area (Å²) in [5, 5.41) is 0.909. The molecule has 0 aliphatic heterocycles. The van der Waals surface area contributed by atoms with Crippen molar-refractivity contribution >= 4 is 23.8 Å². The van der Waals surface area contributed by atoms with E-state index in [2.05, 4.69) is 9.78 Å². The van der Waals surface area contributed by atoms with Gasteiger partial charge >= 0.3 is 11.9 Å². The van der Waals surface area contributed by atoms with Crippen molar-refractivity contribution in [2.45, 2.75) is 38.6 Å². The maximum Gasteiger partial charge on any atom is 0.359 e. The van der Waals surface area contributed by atoms with Gasteiger partial charge in [0.05, 0.1) is 18.9 Å². The highest BCUT2D eigenvalue weighted by Crippen LogP contribution is 2.14. The van der Waals surface area contributed by atoms with Gasteiger partial charge in [-0.2, -0.15) is 0 Å². The molecular weight excluding hydrogens is 368 g/mol. The first-order valence-electron chi connectivity index (χ1n) is 8.73. The molecule has 1 aromatic rings. The van der Waals surface area contributed by atoms with Crippen LogP contribution in [0.15, 0.2) is 30.3 Å². The molecule has 0 bridgehead atoms. The average Bonchev–Trinajstić information content (AvgIpc) is 2.63. The molecule has 0 spiro atoms. The molecule has 1 rings (SSSR count). The first kappa shape index (κ1) is 23.1. The van der Waals surface area contributed by atoms with Gasteiger partial charge in [-0.05, 0) is 18.9 Å². The van der Waals surface area contributed by atoms with Crippen LogP contribution in [0.1, 0.15) is 31.7 Å². The molecule has 2 amide bonds. The van der Waals surface area contributed by atoms with Gasteiger partial charge in [-0.1, -0.05) is 30.3 Å². The highest BCUT2D eigenvalue weighted by Gasteiger charge is 2.25. The fourth-order valence-corrected chi connectivity index (χ4v) is 2.34. The minimum atomic E-state index is -0.923. The number of hydrogen-bond acceptors (Lipinski definition) is 8. The van der Waals surface area contributed by atoms with E-state index in [0.717, 1.165) is 10.6 Å². The first-order chi connectivity index (χ1) is 13.2. The van der Waals surface area contributed by atoms with Gasteiger partial charge in [0.2, 0.25) is 11.8 Å². The van der Waals surface area contributed by atoms with Gasteiger partial charge in [0.1, 0.15) is 0 Å². The number of benzene rings is 1. The third-order valence-electron chi connectivity index (χ3n) is 3.67. The Labute approximate surface area is 162 Å². The number of nitrogens with zero attached hydrogens (tertiary/aromatic N) is 1. The molecule has 2 unspecified atom stereocenters. The molecule has 0 saturated heterocycles. The van der Waals surface area contributed by atoms with E-state index in [-0.39, 0.29) is 38.3 Å². The zero-order valence-corrected chi connectivity index (χ0v) is 15.7. The van der Waals surface area contributed by atoms with Gasteiger partial charge in [-0.25, -0.2) is 25.2 Å². The van der Waals surface area contributed by atoms with E-state index in [1.54, 1.807) is 31.2 Å². The number of carbonyl (C=O) groups excluding carboxylic acids is 4. The van der Waals surface area contributed by atoms with Crippen molar-refractivity contribution in [2.24, 2.45) is 23.2 Å². The maximum atomic E-state index is 12.1. The van der Waals surface area contributed by atoms with Gasteiger partial charge < -0.3 is 11.5 Å². The summed E-state index contributed by atoms with van der Waals surface area (Å²) >= 11 is 0. The van der Waals surface area contributed by atoms with E-state index in [9.17, 15) is 19.2 Å². The fourth-order valence-electron chi connectivity index (χ4n) is 2.34. The lowest BCUT2D eigenvalue weighted by Gasteiger charge is -2.18. The molecule has 2 atom stereocenters. The number of carbonyl (C=O) groups is 4. The number of amides is 2. The lowest BCUT2D eigenvalue weighted by atomic mass is 9.96. The van der Waals surface area contributed by atoms with Gasteiger partial charge in [-0.3, -0.25) is 14.6 Å². The summed E-state index contributed by atoms with van der Waals surface area (Å²) in [4.78, 5) is 55.7. The van der Waals surface area contributed by atoms with Gasteiger partial charge in [0.25, 0.3) is 0 Å². The van der Waals surface area contributed by atoms with Gasteiger partial charge in [0.15, 0.2) is 0 Å². The Bertz CT molecular complexity index is 680. The summed E-state index contributed by atoms with van der Waals surface area (Å²) in [6.07, 6.45) is -0.631. The Hall–Kier alpha value is -2.98. The van der Waals surface area contributed by atoms with Crippen LogP contribution in [0.2, 0.25) is 0 Å². The average molecular weight is 394 g/mol. The van der Waals surface area contributed by atoms with Crippen LogP contribution in [-0.2, 0) is 35.4 Å². The van der Waals surface area contributed by atoms with E-state index >= 15 is 0 Å². The molecule has 28 heavy (non-hydrogen) atoms. The molecular formula is C18H26N4O6. The SMILES string of the molecule is CC(N)CN(N)C(=O)CCC(=O)OOC(=O)C(CC(N)=O)Cc1ccccc1. The molecule has 0 saturated carbocycles. The summed E-state index contributed by atoms with van der Waals surface area (Å²) < 4.78 is 0. The topological polar surface area (TPSA) is 168 Å². The van der Waals surface area contributed by atoms with Crippen molar-refractivity contribution in [3.63, 3.8) is 0 Å². The zero-order valence-electron chi connectivity index (χ0n) is 15.7. The highest BCUT2D eigenvalue weighted by atomic mass is 17.2. The second-order valence-corrected chi connectivity index (χ2v) is 6.44. The standard InChI is InChI=1S/C18H26N4O6/c1-12(19)11-22(21)16(24)7-8-17(25)27-28-18(26)14(10-15(20)23)9-13-5-3-2-4-6-13/h2-6,12,14H,7-11,19,21H2,1H3,(H2,20,23). The summed E-state index contributed by atoms with van der Waals surface area (Å²) in [5.74, 6) is 1.59. The minimum Gasteiger partial charge on any atom is -0.370 e. The van der Waals surface area contributed by atoms with Crippen LogP contribution in [0, 0.1) is 5.92 Å². The van der Waals surface area contributed by atoms with Gasteiger partial charge in [0, 0.05) is 18.9 Å². The number of nitrogens with two attached hydrogens (primary N) is 3. The number of rotatable bonds is 10. The second-order valence-electron chi connectivity index (χ2n) is 6.44. The van der Waals surface area contributed by atoms with Crippen LogP contribution in [0.4, 0.5) is 0 Å². The quantitative estimate of drug-likeness (QED) is 0.207. The normalized spacial score (nSPS) is 12.5. The summed E-state index contributed by atoms with van der Waals surface area (Å²) in [6.45, 7) is 1.82. The summed E-state index contributed by atoms with van der Waals surface area (Å²) in [5.41, 5.74) is 11.5. The molecule has 0 heterocycles. The van der Waals surface area contributed by atoms with Crippen molar-refractivity contribution in [3.8, 4) is 0 Å². The molecule has 0 aliphatic rings. The van der Waals surface area contributed by atoms with Crippen LogP contribution >= 0.6 is 0 Å². The molecule has 6 N–H and O–H groups in total. The third kappa shape index (κ3) is 9.10. The number of primary amides is 1. The van der Waals surface area contributed by atoms with E-state index in [1.807, 2.05) is 6.07 Å². The van der Waals surface area contributed by atoms with Crippen molar-refractivity contribution < 1.29 is 29.0 Å². The first-order valence-corrected chi connectivity index (χ1v) is 8.73. The number of hydrazine groups is 1. The van der Waals surface area contributed by atoms with Crippen molar-refractivity contribution in [3.05, 3.63) is 35.9 Å². The van der Waals surface area contributed by atoms with Crippen LogP contribution in [0.25, 0.3) is 0 Å². The highest BCUT2D eigenvalue weighted by molar-refractivity contribution is 5.83. The smallest absolute Gasteiger partial charge is 0.359 e. The molecule has 0 aromatic heterocycles. The predicted molar refractivity (Wildman–Crippen MR) is 98.4 cm³/mol. The fraction of sp³-hybridized carbons (Fsp3) is 0.444. The van der Waals surface area contributed by atoms with Crippen LogP contribution < -0.4 is 17.3 Å². The molecule has 0 fully saturated rings. The zero-order chi connectivity index (χ0) is 21.1. The van der Waals surface area contributed by atoms with E-state index in [0.29, 0.717) is 0 Å². The molecule has 10 heteroatoms. The lowest BCUT2D eigenvalue weighted by molar-refractivity contribution is -0.262. The number of hydrogen-bond donors (Lipinski definition) is 3. The summed E-state index contributed by atoms with van der Waals surface area (Å²) in [7, 11) is 0. The predicted octanol–water partition coefficient (Wildman–Crippen LogP) is -0.448. The van der Waals surface area contributed by atoms with Crippen LogP contribution in [0.5, 0.6) is 0 Å². The maximum absolute atomic E-state index is 12.1. The van der Waals surface area contributed by atoms with Crippen LogP contribution in [0.3, 0.4) is 0 Å². The Balaban J connectivity index is 2.48.